The maximum Gasteiger partial charge on any atom is 0.241 e. The van der Waals surface area contributed by atoms with Crippen LogP contribution in [0.5, 0.6) is 11.5 Å². The second kappa shape index (κ2) is 8.73. The van der Waals surface area contributed by atoms with Crippen molar-refractivity contribution in [1.29, 1.82) is 0 Å². The Bertz CT molecular complexity index is 877. The van der Waals surface area contributed by atoms with Crippen LogP contribution in [0.2, 0.25) is 0 Å². The minimum Gasteiger partial charge on any atom is -0.493 e. The maximum atomic E-state index is 12.7. The molecule has 0 saturated carbocycles. The van der Waals surface area contributed by atoms with Crippen LogP contribution in [-0.2, 0) is 23.1 Å². The molecule has 1 saturated heterocycles. The number of nitrogens with zero attached hydrogens (tertiary/aromatic N) is 1. The summed E-state index contributed by atoms with van der Waals surface area (Å²) in [4.78, 5) is 2.55. The third-order valence-electron chi connectivity index (χ3n) is 4.83. The lowest BCUT2D eigenvalue weighted by atomic mass is 10.1. The molecule has 1 aliphatic rings. The van der Waals surface area contributed by atoms with Gasteiger partial charge in [0.15, 0.2) is 11.5 Å². The van der Waals surface area contributed by atoms with Crippen molar-refractivity contribution in [1.82, 2.24) is 9.62 Å². The smallest absolute Gasteiger partial charge is 0.241 e. The van der Waals surface area contributed by atoms with Gasteiger partial charge in [0, 0.05) is 19.2 Å². The van der Waals surface area contributed by atoms with Crippen LogP contribution in [0.4, 0.5) is 0 Å². The van der Waals surface area contributed by atoms with Crippen molar-refractivity contribution in [2.24, 2.45) is 0 Å². The fourth-order valence-corrected chi connectivity index (χ4v) is 4.33. The van der Waals surface area contributed by atoms with Crippen LogP contribution >= 0.6 is 0 Å². The van der Waals surface area contributed by atoms with Crippen molar-refractivity contribution in [3.8, 4) is 11.5 Å². The molecule has 27 heavy (non-hydrogen) atoms. The highest BCUT2D eigenvalue weighted by Crippen LogP contribution is 2.29. The molecule has 146 valence electrons. The summed E-state index contributed by atoms with van der Waals surface area (Å²) in [6.45, 7) is 3.31. The molecule has 2 aromatic rings. The van der Waals surface area contributed by atoms with E-state index in [0.29, 0.717) is 11.5 Å². The Hall–Kier alpha value is -2.09. The first-order chi connectivity index (χ1) is 13.0. The number of hydrogen-bond donors (Lipinski definition) is 1. The average molecular weight is 391 g/mol. The second-order valence-electron chi connectivity index (χ2n) is 6.59. The van der Waals surface area contributed by atoms with Crippen LogP contribution in [0.15, 0.2) is 47.4 Å². The molecule has 0 amide bonds. The first-order valence-corrected chi connectivity index (χ1v) is 10.5. The third kappa shape index (κ3) is 4.80. The Morgan fingerprint density at radius 2 is 1.63 bits per heavy atom. The average Bonchev–Trinajstić information content (AvgIpc) is 3.20. The number of hydrogen-bond acceptors (Lipinski definition) is 5. The Morgan fingerprint density at radius 3 is 2.30 bits per heavy atom. The SMILES string of the molecule is COc1ccc(S(=O)(=O)NCc2ccccc2CN2CCCC2)cc1OC. The first kappa shape index (κ1) is 19.7. The minimum atomic E-state index is -3.66. The van der Waals surface area contributed by atoms with Crippen LogP contribution in [0.25, 0.3) is 0 Å². The van der Waals surface area contributed by atoms with E-state index in [1.165, 1.54) is 39.2 Å². The molecule has 3 rings (SSSR count). The van der Waals surface area contributed by atoms with Gasteiger partial charge in [0.25, 0.3) is 0 Å². The summed E-state index contributed by atoms with van der Waals surface area (Å²) >= 11 is 0. The first-order valence-electron chi connectivity index (χ1n) is 9.04. The molecule has 1 N–H and O–H groups in total. The molecule has 1 fully saturated rings. The predicted octanol–water partition coefficient (Wildman–Crippen LogP) is 2.78. The van der Waals surface area contributed by atoms with E-state index in [-0.39, 0.29) is 11.4 Å². The molecule has 1 heterocycles. The number of ether oxygens (including phenoxy) is 2. The molecule has 0 radical (unpaired) electrons. The highest BCUT2D eigenvalue weighted by molar-refractivity contribution is 7.89. The number of nitrogens with one attached hydrogen (secondary N) is 1. The van der Waals surface area contributed by atoms with Crippen molar-refractivity contribution in [2.45, 2.75) is 30.8 Å². The van der Waals surface area contributed by atoms with Gasteiger partial charge in [-0.3, -0.25) is 4.90 Å². The Balaban J connectivity index is 1.74. The summed E-state index contributed by atoms with van der Waals surface area (Å²) in [6, 6.07) is 12.6. The number of sulfonamides is 1. The van der Waals surface area contributed by atoms with E-state index < -0.39 is 10.0 Å². The zero-order valence-electron chi connectivity index (χ0n) is 15.8. The van der Waals surface area contributed by atoms with Gasteiger partial charge in [-0.05, 0) is 49.2 Å². The van der Waals surface area contributed by atoms with Crippen LogP contribution in [0.1, 0.15) is 24.0 Å². The third-order valence-corrected chi connectivity index (χ3v) is 6.23. The van der Waals surface area contributed by atoms with Gasteiger partial charge in [0.2, 0.25) is 10.0 Å². The number of likely N-dealkylation sites (tertiary alicyclic amines) is 1. The quantitative estimate of drug-likeness (QED) is 0.751. The van der Waals surface area contributed by atoms with E-state index in [4.69, 9.17) is 9.47 Å². The summed E-state index contributed by atoms with van der Waals surface area (Å²) in [5.74, 6) is 0.877. The summed E-state index contributed by atoms with van der Waals surface area (Å²) in [7, 11) is -0.661. The highest BCUT2D eigenvalue weighted by atomic mass is 32.2. The largest absolute Gasteiger partial charge is 0.493 e. The van der Waals surface area contributed by atoms with E-state index in [1.54, 1.807) is 6.07 Å². The van der Waals surface area contributed by atoms with Gasteiger partial charge in [0.1, 0.15) is 0 Å². The Labute approximate surface area is 161 Å². The predicted molar refractivity (Wildman–Crippen MR) is 105 cm³/mol. The van der Waals surface area contributed by atoms with Gasteiger partial charge in [-0.2, -0.15) is 0 Å². The zero-order chi connectivity index (χ0) is 19.3. The van der Waals surface area contributed by atoms with Crippen molar-refractivity contribution in [3.63, 3.8) is 0 Å². The molecular weight excluding hydrogens is 364 g/mol. The minimum absolute atomic E-state index is 0.150. The van der Waals surface area contributed by atoms with Crippen LogP contribution in [0, 0.1) is 0 Å². The monoisotopic (exact) mass is 390 g/mol. The maximum absolute atomic E-state index is 12.7. The summed E-state index contributed by atoms with van der Waals surface area (Å²) in [5.41, 5.74) is 2.16. The lowest BCUT2D eigenvalue weighted by Crippen LogP contribution is -2.25. The van der Waals surface area contributed by atoms with Crippen molar-refractivity contribution in [2.75, 3.05) is 27.3 Å². The molecule has 1 aliphatic heterocycles. The molecule has 0 atom stereocenters. The van der Waals surface area contributed by atoms with Gasteiger partial charge >= 0.3 is 0 Å². The molecule has 0 aliphatic carbocycles. The zero-order valence-corrected chi connectivity index (χ0v) is 16.6. The van der Waals surface area contributed by atoms with E-state index in [2.05, 4.69) is 15.7 Å². The fraction of sp³-hybridized carbons (Fsp3) is 0.400. The van der Waals surface area contributed by atoms with Crippen LogP contribution in [0.3, 0.4) is 0 Å². The van der Waals surface area contributed by atoms with Gasteiger partial charge in [-0.15, -0.1) is 0 Å². The van der Waals surface area contributed by atoms with Crippen molar-refractivity contribution in [3.05, 3.63) is 53.6 Å². The Kier molecular flexibility index (Phi) is 6.36. The van der Waals surface area contributed by atoms with Gasteiger partial charge in [0.05, 0.1) is 19.1 Å². The second-order valence-corrected chi connectivity index (χ2v) is 8.36. The summed E-state index contributed by atoms with van der Waals surface area (Å²) in [5, 5.41) is 0. The van der Waals surface area contributed by atoms with Gasteiger partial charge in [-0.25, -0.2) is 13.1 Å². The van der Waals surface area contributed by atoms with E-state index in [0.717, 1.165) is 30.8 Å². The molecule has 0 bridgehead atoms. The van der Waals surface area contributed by atoms with Crippen LogP contribution in [-0.4, -0.2) is 40.6 Å². The van der Waals surface area contributed by atoms with E-state index in [1.807, 2.05) is 18.2 Å². The molecule has 0 spiro atoms. The molecule has 2 aromatic carbocycles. The van der Waals surface area contributed by atoms with Crippen molar-refractivity contribution >= 4 is 10.0 Å². The fourth-order valence-electron chi connectivity index (χ4n) is 3.31. The standard InChI is InChI=1S/C20H26N2O4S/c1-25-19-10-9-18(13-20(19)26-2)27(23,24)21-14-16-7-3-4-8-17(16)15-22-11-5-6-12-22/h3-4,7-10,13,21H,5-6,11-12,14-15H2,1-2H3. The molecule has 0 aromatic heterocycles. The van der Waals surface area contributed by atoms with Crippen molar-refractivity contribution < 1.29 is 17.9 Å². The lowest BCUT2D eigenvalue weighted by molar-refractivity contribution is 0.330. The number of methoxy groups -OCH3 is 2. The van der Waals surface area contributed by atoms with Gasteiger partial charge < -0.3 is 9.47 Å². The lowest BCUT2D eigenvalue weighted by Gasteiger charge is -2.18. The molecule has 0 unspecified atom stereocenters. The highest BCUT2D eigenvalue weighted by Gasteiger charge is 2.18. The summed E-state index contributed by atoms with van der Waals surface area (Å²) < 4.78 is 38.5. The molecule has 7 heteroatoms. The molecule has 6 nitrogen and oxygen atoms in total. The summed E-state index contributed by atoms with van der Waals surface area (Å²) in [6.07, 6.45) is 2.46. The number of benzene rings is 2. The van der Waals surface area contributed by atoms with Gasteiger partial charge in [-0.1, -0.05) is 24.3 Å². The Morgan fingerprint density at radius 1 is 0.963 bits per heavy atom. The number of rotatable bonds is 8. The topological polar surface area (TPSA) is 67.9 Å². The van der Waals surface area contributed by atoms with E-state index >= 15 is 0 Å². The molecular formula is C20H26N2O4S. The van der Waals surface area contributed by atoms with Crippen LogP contribution < -0.4 is 14.2 Å². The van der Waals surface area contributed by atoms with E-state index in [9.17, 15) is 8.42 Å². The normalized spacial score (nSPS) is 15.0.